The van der Waals surface area contributed by atoms with E-state index in [9.17, 15) is 0 Å². The van der Waals surface area contributed by atoms with Crippen LogP contribution in [0.25, 0.3) is 31.4 Å². The fourth-order valence-electron chi connectivity index (χ4n) is 4.57. The number of hydrogen-bond donors (Lipinski definition) is 0. The molecule has 5 rings (SSSR count). The van der Waals surface area contributed by atoms with Gasteiger partial charge in [0.05, 0.1) is 13.8 Å². The number of pyridine rings is 1. The fourth-order valence-corrected chi connectivity index (χ4v) is 6.94. The van der Waals surface area contributed by atoms with Gasteiger partial charge in [0.25, 0.3) is 0 Å². The molecular weight excluding hydrogens is 374 g/mol. The van der Waals surface area contributed by atoms with Crippen LogP contribution < -0.4 is 5.19 Å². The van der Waals surface area contributed by atoms with Gasteiger partial charge in [0.1, 0.15) is 0 Å². The SMILES string of the molecule is C[Si](C)(C)c1ccc2sc3c(-c4cc(C5CCCC5)ccn4)cccc3c2c1. The van der Waals surface area contributed by atoms with Crippen LogP contribution in [-0.4, -0.2) is 13.1 Å². The van der Waals surface area contributed by atoms with Gasteiger partial charge in [0.2, 0.25) is 0 Å². The van der Waals surface area contributed by atoms with Gasteiger partial charge in [-0.3, -0.25) is 4.98 Å². The predicted octanol–water partition coefficient (Wildman–Crippen LogP) is 7.32. The van der Waals surface area contributed by atoms with E-state index < -0.39 is 8.07 Å². The molecule has 0 bridgehead atoms. The van der Waals surface area contributed by atoms with Crippen LogP contribution in [0.2, 0.25) is 19.6 Å². The van der Waals surface area contributed by atoms with Crippen molar-refractivity contribution in [3.05, 3.63) is 60.3 Å². The molecule has 1 saturated carbocycles. The lowest BCUT2D eigenvalue weighted by Crippen LogP contribution is -2.37. The molecule has 0 unspecified atom stereocenters. The summed E-state index contributed by atoms with van der Waals surface area (Å²) in [5.74, 6) is 0.725. The smallest absolute Gasteiger partial charge is 0.0776 e. The number of aromatic nitrogens is 1. The van der Waals surface area contributed by atoms with E-state index in [0.717, 1.165) is 11.6 Å². The van der Waals surface area contributed by atoms with E-state index in [-0.39, 0.29) is 0 Å². The third kappa shape index (κ3) is 3.11. The molecule has 0 radical (unpaired) electrons. The molecule has 28 heavy (non-hydrogen) atoms. The molecular formula is C25H27NSSi. The average Bonchev–Trinajstić information content (AvgIpc) is 3.34. The zero-order valence-corrected chi connectivity index (χ0v) is 18.8. The molecule has 142 valence electrons. The minimum absolute atomic E-state index is 0.725. The summed E-state index contributed by atoms with van der Waals surface area (Å²) < 4.78 is 2.76. The zero-order valence-electron chi connectivity index (χ0n) is 17.0. The van der Waals surface area contributed by atoms with Gasteiger partial charge < -0.3 is 0 Å². The second kappa shape index (κ2) is 6.82. The Hall–Kier alpha value is -1.97. The normalized spacial score (nSPS) is 15.7. The van der Waals surface area contributed by atoms with E-state index in [1.54, 1.807) is 0 Å². The average molecular weight is 402 g/mol. The molecule has 0 saturated heterocycles. The van der Waals surface area contributed by atoms with Crippen molar-refractivity contribution in [2.75, 3.05) is 0 Å². The standard InChI is InChI=1S/C25H27NSSi/c1-28(2,3)19-11-12-24-22(16-19)20-9-6-10-21(25(20)27-24)23-15-18(13-14-26-23)17-7-4-5-8-17/h6,9-17H,4-5,7-8H2,1-3H3. The van der Waals surface area contributed by atoms with Crippen molar-refractivity contribution < 1.29 is 0 Å². The van der Waals surface area contributed by atoms with E-state index in [4.69, 9.17) is 4.98 Å². The summed E-state index contributed by atoms with van der Waals surface area (Å²) in [5, 5.41) is 4.32. The van der Waals surface area contributed by atoms with Gasteiger partial charge in [-0.1, -0.05) is 68.0 Å². The second-order valence-corrected chi connectivity index (χ2v) is 15.3. The molecule has 2 heterocycles. The quantitative estimate of drug-likeness (QED) is 0.328. The maximum atomic E-state index is 4.77. The van der Waals surface area contributed by atoms with Crippen molar-refractivity contribution in [1.82, 2.24) is 4.98 Å². The Morgan fingerprint density at radius 3 is 2.54 bits per heavy atom. The van der Waals surface area contributed by atoms with Crippen molar-refractivity contribution in [3.8, 4) is 11.3 Å². The Morgan fingerprint density at radius 1 is 0.929 bits per heavy atom. The van der Waals surface area contributed by atoms with Crippen molar-refractivity contribution >= 4 is 44.8 Å². The molecule has 1 fully saturated rings. The molecule has 0 aliphatic heterocycles. The molecule has 0 N–H and O–H groups in total. The summed E-state index contributed by atoms with van der Waals surface area (Å²) in [6, 6.07) is 18.4. The largest absolute Gasteiger partial charge is 0.256 e. The second-order valence-electron chi connectivity index (χ2n) is 9.20. The molecule has 2 aromatic carbocycles. The Bertz CT molecular complexity index is 1160. The van der Waals surface area contributed by atoms with Crippen LogP contribution in [0.15, 0.2) is 54.7 Å². The van der Waals surface area contributed by atoms with Crippen molar-refractivity contribution in [2.45, 2.75) is 51.2 Å². The number of thiophene rings is 1. The van der Waals surface area contributed by atoms with Crippen molar-refractivity contribution in [2.24, 2.45) is 0 Å². The van der Waals surface area contributed by atoms with Gasteiger partial charge in [-0.15, -0.1) is 11.3 Å². The van der Waals surface area contributed by atoms with Gasteiger partial charge in [0.15, 0.2) is 0 Å². The van der Waals surface area contributed by atoms with E-state index >= 15 is 0 Å². The summed E-state index contributed by atoms with van der Waals surface area (Å²) in [4.78, 5) is 4.77. The number of fused-ring (bicyclic) bond motifs is 3. The molecule has 1 nitrogen and oxygen atoms in total. The van der Waals surface area contributed by atoms with Gasteiger partial charge in [-0.2, -0.15) is 0 Å². The first-order chi connectivity index (χ1) is 13.5. The monoisotopic (exact) mass is 401 g/mol. The lowest BCUT2D eigenvalue weighted by Gasteiger charge is -2.16. The van der Waals surface area contributed by atoms with E-state index in [1.165, 1.54) is 62.2 Å². The van der Waals surface area contributed by atoms with Crippen LogP contribution in [0.4, 0.5) is 0 Å². The lowest BCUT2D eigenvalue weighted by molar-refractivity contribution is 0.722. The van der Waals surface area contributed by atoms with Crippen LogP contribution in [0.5, 0.6) is 0 Å². The molecule has 3 heteroatoms. The van der Waals surface area contributed by atoms with E-state index in [0.29, 0.717) is 0 Å². The van der Waals surface area contributed by atoms with Crippen molar-refractivity contribution in [3.63, 3.8) is 0 Å². The van der Waals surface area contributed by atoms with Gasteiger partial charge >= 0.3 is 0 Å². The van der Waals surface area contributed by atoms with E-state index in [2.05, 4.69) is 68.2 Å². The van der Waals surface area contributed by atoms with Crippen LogP contribution in [0.1, 0.15) is 37.2 Å². The fraction of sp³-hybridized carbons (Fsp3) is 0.320. The predicted molar refractivity (Wildman–Crippen MR) is 127 cm³/mol. The molecule has 2 aromatic heterocycles. The van der Waals surface area contributed by atoms with Crippen LogP contribution in [0.3, 0.4) is 0 Å². The highest BCUT2D eigenvalue weighted by Gasteiger charge is 2.20. The minimum atomic E-state index is -1.32. The van der Waals surface area contributed by atoms with Crippen molar-refractivity contribution in [1.29, 1.82) is 0 Å². The first-order valence-electron chi connectivity index (χ1n) is 10.4. The first-order valence-corrected chi connectivity index (χ1v) is 14.7. The molecule has 4 aromatic rings. The summed E-state index contributed by atoms with van der Waals surface area (Å²) in [6.45, 7) is 7.27. The first kappa shape index (κ1) is 18.1. The zero-order chi connectivity index (χ0) is 19.3. The Kier molecular flexibility index (Phi) is 4.40. The minimum Gasteiger partial charge on any atom is -0.256 e. The number of benzene rings is 2. The highest BCUT2D eigenvalue weighted by atomic mass is 32.1. The van der Waals surface area contributed by atoms with Gasteiger partial charge in [-0.25, -0.2) is 0 Å². The van der Waals surface area contributed by atoms with Crippen LogP contribution in [-0.2, 0) is 0 Å². The third-order valence-electron chi connectivity index (χ3n) is 6.25. The molecule has 1 aliphatic carbocycles. The van der Waals surface area contributed by atoms with Gasteiger partial charge in [0, 0.05) is 31.9 Å². The summed E-state index contributed by atoms with van der Waals surface area (Å²) >= 11 is 1.92. The third-order valence-corrected chi connectivity index (χ3v) is 9.51. The summed E-state index contributed by atoms with van der Waals surface area (Å²) in [5.41, 5.74) is 3.89. The summed E-state index contributed by atoms with van der Waals surface area (Å²) in [7, 11) is -1.32. The maximum absolute atomic E-state index is 4.77. The lowest BCUT2D eigenvalue weighted by atomic mass is 9.96. The van der Waals surface area contributed by atoms with Gasteiger partial charge in [-0.05, 0) is 42.5 Å². The molecule has 0 spiro atoms. The number of nitrogens with zero attached hydrogens (tertiary/aromatic N) is 1. The Labute approximate surface area is 172 Å². The highest BCUT2D eigenvalue weighted by Crippen LogP contribution is 2.40. The molecule has 1 aliphatic rings. The van der Waals surface area contributed by atoms with Crippen LogP contribution >= 0.6 is 11.3 Å². The van der Waals surface area contributed by atoms with E-state index in [1.807, 2.05) is 17.5 Å². The molecule has 0 amide bonds. The topological polar surface area (TPSA) is 12.9 Å². The maximum Gasteiger partial charge on any atom is 0.0776 e. The highest BCUT2D eigenvalue weighted by molar-refractivity contribution is 7.26. The van der Waals surface area contributed by atoms with Crippen LogP contribution in [0, 0.1) is 0 Å². The summed E-state index contributed by atoms with van der Waals surface area (Å²) in [6.07, 6.45) is 7.41. The Morgan fingerprint density at radius 2 is 1.75 bits per heavy atom. The Balaban J connectivity index is 1.67. The number of hydrogen-bond acceptors (Lipinski definition) is 2. The number of rotatable bonds is 3. The molecule has 0 atom stereocenters.